The molecule has 2 heteroatoms. The Morgan fingerprint density at radius 3 is 1.15 bits per heavy atom. The molecule has 0 aromatic carbocycles. The maximum atomic E-state index is 6.49. The van der Waals surface area contributed by atoms with Crippen LogP contribution in [0.1, 0.15) is 88.5 Å². The molecule has 1 fully saturated rings. The van der Waals surface area contributed by atoms with Crippen molar-refractivity contribution in [2.24, 2.45) is 10.8 Å². The van der Waals surface area contributed by atoms with Gasteiger partial charge in [-0.2, -0.15) is 0 Å². The van der Waals surface area contributed by atoms with Gasteiger partial charge in [-0.1, -0.05) is 27.7 Å². The van der Waals surface area contributed by atoms with E-state index in [1.165, 1.54) is 6.42 Å². The van der Waals surface area contributed by atoms with Crippen molar-refractivity contribution >= 4 is 0 Å². The predicted octanol–water partition coefficient (Wildman–Crippen LogP) is 5.55. The lowest BCUT2D eigenvalue weighted by atomic mass is 9.62. The van der Waals surface area contributed by atoms with Crippen LogP contribution in [-0.4, -0.2) is 17.0 Å². The largest absolute Gasteiger partial charge is 0.344 e. The Balaban J connectivity index is 3.15. The number of hydrogen-bond acceptors (Lipinski definition) is 2. The van der Waals surface area contributed by atoms with E-state index < -0.39 is 5.79 Å². The summed E-state index contributed by atoms with van der Waals surface area (Å²) < 4.78 is 13.0. The van der Waals surface area contributed by atoms with Crippen LogP contribution in [0.5, 0.6) is 0 Å². The molecule has 0 N–H and O–H groups in total. The molecule has 0 radical (unpaired) electrons. The van der Waals surface area contributed by atoms with Crippen LogP contribution in [0.25, 0.3) is 0 Å². The van der Waals surface area contributed by atoms with Crippen LogP contribution in [0.2, 0.25) is 0 Å². The average Bonchev–Trinajstić information content (AvgIpc) is 1.83. The van der Waals surface area contributed by atoms with E-state index in [-0.39, 0.29) is 22.0 Å². The maximum Gasteiger partial charge on any atom is 0.170 e. The summed E-state index contributed by atoms with van der Waals surface area (Å²) in [5, 5.41) is 0. The highest BCUT2D eigenvalue weighted by Gasteiger charge is 2.52. The molecular formula is C18H36O2. The molecule has 0 heterocycles. The van der Waals surface area contributed by atoms with Gasteiger partial charge in [0.1, 0.15) is 0 Å². The molecule has 0 aromatic heterocycles. The fraction of sp³-hybridized carbons (Fsp3) is 1.00. The van der Waals surface area contributed by atoms with E-state index in [9.17, 15) is 0 Å². The van der Waals surface area contributed by atoms with Crippen molar-refractivity contribution in [1.82, 2.24) is 0 Å². The van der Waals surface area contributed by atoms with Crippen LogP contribution < -0.4 is 0 Å². The van der Waals surface area contributed by atoms with Gasteiger partial charge in [-0.25, -0.2) is 0 Å². The molecule has 0 unspecified atom stereocenters. The highest BCUT2D eigenvalue weighted by atomic mass is 16.7. The van der Waals surface area contributed by atoms with Crippen molar-refractivity contribution in [3.8, 4) is 0 Å². The summed E-state index contributed by atoms with van der Waals surface area (Å²) in [6, 6.07) is 0. The van der Waals surface area contributed by atoms with Crippen molar-refractivity contribution in [2.45, 2.75) is 105 Å². The molecule has 0 atom stereocenters. The second-order valence-electron chi connectivity index (χ2n) is 10.2. The summed E-state index contributed by atoms with van der Waals surface area (Å²) in [7, 11) is 0. The van der Waals surface area contributed by atoms with Gasteiger partial charge in [0.15, 0.2) is 5.79 Å². The minimum Gasteiger partial charge on any atom is -0.344 e. The van der Waals surface area contributed by atoms with Crippen molar-refractivity contribution in [1.29, 1.82) is 0 Å². The highest BCUT2D eigenvalue weighted by Crippen LogP contribution is 2.53. The van der Waals surface area contributed by atoms with Gasteiger partial charge in [-0.15, -0.1) is 0 Å². The minimum absolute atomic E-state index is 0.200. The minimum atomic E-state index is -0.484. The van der Waals surface area contributed by atoms with Gasteiger partial charge in [0.2, 0.25) is 0 Å². The Labute approximate surface area is 126 Å². The van der Waals surface area contributed by atoms with Crippen LogP contribution in [0.15, 0.2) is 0 Å². The van der Waals surface area contributed by atoms with Gasteiger partial charge >= 0.3 is 0 Å². The van der Waals surface area contributed by atoms with Crippen LogP contribution in [-0.2, 0) is 9.47 Å². The van der Waals surface area contributed by atoms with E-state index in [0.717, 1.165) is 12.8 Å². The van der Waals surface area contributed by atoms with Gasteiger partial charge < -0.3 is 9.47 Å². The van der Waals surface area contributed by atoms with Crippen LogP contribution in [0.4, 0.5) is 0 Å². The third-order valence-corrected chi connectivity index (χ3v) is 3.44. The molecule has 120 valence electrons. The Morgan fingerprint density at radius 2 is 0.900 bits per heavy atom. The topological polar surface area (TPSA) is 18.5 Å². The second kappa shape index (κ2) is 4.98. The lowest BCUT2D eigenvalue weighted by Gasteiger charge is -2.54. The van der Waals surface area contributed by atoms with Crippen molar-refractivity contribution in [3.05, 3.63) is 0 Å². The Morgan fingerprint density at radius 1 is 0.600 bits per heavy atom. The summed E-state index contributed by atoms with van der Waals surface area (Å²) in [5.41, 5.74) is 0.0694. The molecule has 0 aromatic rings. The molecule has 0 amide bonds. The number of hydrogen-bond donors (Lipinski definition) is 0. The molecule has 0 aliphatic heterocycles. The third kappa shape index (κ3) is 5.73. The summed E-state index contributed by atoms with van der Waals surface area (Å²) in [4.78, 5) is 0. The monoisotopic (exact) mass is 284 g/mol. The van der Waals surface area contributed by atoms with E-state index in [2.05, 4.69) is 69.2 Å². The van der Waals surface area contributed by atoms with Crippen molar-refractivity contribution in [3.63, 3.8) is 0 Å². The van der Waals surface area contributed by atoms with Crippen LogP contribution in [0, 0.1) is 10.8 Å². The van der Waals surface area contributed by atoms with E-state index in [0.29, 0.717) is 0 Å². The van der Waals surface area contributed by atoms with Gasteiger partial charge in [0.25, 0.3) is 0 Å². The van der Waals surface area contributed by atoms with Gasteiger partial charge in [-0.3, -0.25) is 0 Å². The standard InChI is InChI=1S/C18H36O2/c1-14(2,3)19-18(20-15(4,5)6)12-16(7,8)11-17(9,10)13-18/h11-13H2,1-10H3. The number of rotatable bonds is 2. The average molecular weight is 284 g/mol. The normalized spacial score (nSPS) is 25.5. The number of ether oxygens (including phenoxy) is 2. The first-order valence-corrected chi connectivity index (χ1v) is 7.94. The van der Waals surface area contributed by atoms with Crippen molar-refractivity contribution in [2.75, 3.05) is 0 Å². The maximum absolute atomic E-state index is 6.49. The molecule has 1 saturated carbocycles. The molecule has 0 saturated heterocycles. The zero-order chi connectivity index (χ0) is 16.0. The lowest BCUT2D eigenvalue weighted by molar-refractivity contribution is -0.344. The molecule has 0 spiro atoms. The Hall–Kier alpha value is -0.0800. The first kappa shape index (κ1) is 18.0. The molecule has 1 aliphatic rings. The predicted molar refractivity (Wildman–Crippen MR) is 85.8 cm³/mol. The zero-order valence-corrected chi connectivity index (χ0v) is 15.4. The highest BCUT2D eigenvalue weighted by molar-refractivity contribution is 4.96. The first-order valence-electron chi connectivity index (χ1n) is 7.94. The molecular weight excluding hydrogens is 248 g/mol. The molecule has 1 rings (SSSR count). The quantitative estimate of drug-likeness (QED) is 0.619. The summed E-state index contributed by atoms with van der Waals surface area (Å²) in [6.45, 7) is 22.1. The van der Waals surface area contributed by atoms with Crippen LogP contribution >= 0.6 is 0 Å². The summed E-state index contributed by atoms with van der Waals surface area (Å²) in [6.07, 6.45) is 3.12. The van der Waals surface area contributed by atoms with Gasteiger partial charge in [0, 0.05) is 12.8 Å². The fourth-order valence-corrected chi connectivity index (χ4v) is 4.22. The Bertz CT molecular complexity index is 298. The van der Waals surface area contributed by atoms with E-state index >= 15 is 0 Å². The SMILES string of the molecule is CC1(C)CC(C)(C)CC(OC(C)(C)C)(OC(C)(C)C)C1. The smallest absolute Gasteiger partial charge is 0.170 e. The fourth-order valence-electron chi connectivity index (χ4n) is 4.22. The van der Waals surface area contributed by atoms with Crippen LogP contribution in [0.3, 0.4) is 0 Å². The van der Waals surface area contributed by atoms with E-state index in [1.807, 2.05) is 0 Å². The van der Waals surface area contributed by atoms with E-state index in [4.69, 9.17) is 9.47 Å². The van der Waals surface area contributed by atoms with E-state index in [1.54, 1.807) is 0 Å². The summed E-state index contributed by atoms with van der Waals surface area (Å²) in [5.74, 6) is -0.484. The van der Waals surface area contributed by atoms with Gasteiger partial charge in [0.05, 0.1) is 11.2 Å². The molecule has 1 aliphatic carbocycles. The lowest BCUT2D eigenvalue weighted by Crippen LogP contribution is -2.55. The molecule has 0 bridgehead atoms. The molecule has 20 heavy (non-hydrogen) atoms. The van der Waals surface area contributed by atoms with Crippen molar-refractivity contribution < 1.29 is 9.47 Å². The summed E-state index contributed by atoms with van der Waals surface area (Å²) >= 11 is 0. The molecule has 2 nitrogen and oxygen atoms in total. The second-order valence-corrected chi connectivity index (χ2v) is 10.2. The first-order chi connectivity index (χ1) is 8.54. The zero-order valence-electron chi connectivity index (χ0n) is 15.4. The Kier molecular flexibility index (Phi) is 4.48. The van der Waals surface area contributed by atoms with Gasteiger partial charge in [-0.05, 0) is 58.8 Å². The third-order valence-electron chi connectivity index (χ3n) is 3.44.